The van der Waals surface area contributed by atoms with E-state index in [2.05, 4.69) is 24.0 Å². The second-order valence-corrected chi connectivity index (χ2v) is 11.7. The lowest BCUT2D eigenvalue weighted by molar-refractivity contribution is -0.0754. The van der Waals surface area contributed by atoms with E-state index in [0.717, 1.165) is 11.5 Å². The first kappa shape index (κ1) is 28.1. The fourth-order valence-corrected chi connectivity index (χ4v) is 6.44. The Balaban J connectivity index is 2.32. The Kier molecular flexibility index (Phi) is 8.08. The first-order valence-electron chi connectivity index (χ1n) is 8.50. The van der Waals surface area contributed by atoms with E-state index in [-0.39, 0.29) is 11.5 Å². The number of nitrogens with zero attached hydrogens (tertiary/aromatic N) is 2. The van der Waals surface area contributed by atoms with Crippen LogP contribution in [0, 0.1) is 19.3 Å². The van der Waals surface area contributed by atoms with Gasteiger partial charge in [-0.2, -0.15) is 13.6 Å². The topological polar surface area (TPSA) is 250 Å². The summed E-state index contributed by atoms with van der Waals surface area (Å²) in [7, 11) is -16.9. The van der Waals surface area contributed by atoms with Crippen molar-refractivity contribution in [2.75, 3.05) is 5.73 Å². The molecule has 1 aliphatic heterocycles. The smallest absolute Gasteiger partial charge is 0.387 e. The fraction of sp³-hybridized carbons (Fsp3) is 0.538. The van der Waals surface area contributed by atoms with Gasteiger partial charge in [-0.15, -0.1) is 6.42 Å². The molecular formula is C13H19ClN3O13P3. The summed E-state index contributed by atoms with van der Waals surface area (Å²) in [5, 5.41) is 10.6. The standard InChI is InChI=1S/C13H19ClN3O13P3/c1-4-13(14)10(18)9(27-11(13)17-6(2)5-8(15)16-12(17)19)7(3)28-32(23,24)30-33(25,26)29-31(20,21)22/h1,5,7,9-11,18H,2-3H3,(H,23,24)(H,25,26)(H2,15,16,19)(H2,20,21,22)/t7-,9+,10-,11+,13?/m0/s1. The van der Waals surface area contributed by atoms with Gasteiger partial charge in [0.1, 0.15) is 18.0 Å². The van der Waals surface area contributed by atoms with Gasteiger partial charge in [0.15, 0.2) is 11.1 Å². The number of terminal acetylenes is 1. The molecule has 7 atom stereocenters. The Bertz CT molecular complexity index is 1160. The molecule has 0 bridgehead atoms. The molecule has 0 spiro atoms. The van der Waals surface area contributed by atoms with Crippen molar-refractivity contribution in [3.8, 4) is 12.3 Å². The number of aryl methyl sites for hydroxylation is 1. The molecule has 20 heteroatoms. The van der Waals surface area contributed by atoms with Crippen molar-refractivity contribution in [1.82, 2.24) is 9.55 Å². The van der Waals surface area contributed by atoms with Gasteiger partial charge in [0.05, 0.1) is 6.10 Å². The van der Waals surface area contributed by atoms with Crippen molar-refractivity contribution in [2.24, 2.45) is 0 Å². The van der Waals surface area contributed by atoms with E-state index in [4.69, 9.17) is 38.3 Å². The number of ether oxygens (including phenoxy) is 1. The summed E-state index contributed by atoms with van der Waals surface area (Å²) in [6.45, 7) is 2.48. The third kappa shape index (κ3) is 6.50. The van der Waals surface area contributed by atoms with Crippen LogP contribution in [0.4, 0.5) is 5.82 Å². The first-order valence-corrected chi connectivity index (χ1v) is 13.4. The highest BCUT2D eigenvalue weighted by Crippen LogP contribution is 2.66. The van der Waals surface area contributed by atoms with Crippen LogP contribution >= 0.6 is 35.1 Å². The summed E-state index contributed by atoms with van der Waals surface area (Å²) in [6.07, 6.45) is -1.28. The zero-order valence-electron chi connectivity index (χ0n) is 16.7. The van der Waals surface area contributed by atoms with Crippen molar-refractivity contribution >= 4 is 40.9 Å². The van der Waals surface area contributed by atoms with Crippen LogP contribution in [-0.2, 0) is 31.6 Å². The molecule has 0 radical (unpaired) electrons. The van der Waals surface area contributed by atoms with Crippen LogP contribution in [0.3, 0.4) is 0 Å². The molecule has 2 rings (SSSR count). The molecule has 1 saturated heterocycles. The highest BCUT2D eigenvalue weighted by atomic mass is 35.5. The number of aliphatic hydroxyl groups excluding tert-OH is 1. The minimum absolute atomic E-state index is 0.120. The summed E-state index contributed by atoms with van der Waals surface area (Å²) in [5.41, 5.74) is 4.75. The molecule has 1 aromatic heterocycles. The molecule has 186 valence electrons. The molecule has 1 fully saturated rings. The van der Waals surface area contributed by atoms with Crippen LogP contribution in [0.1, 0.15) is 18.8 Å². The van der Waals surface area contributed by atoms with Crippen LogP contribution in [0.15, 0.2) is 10.9 Å². The number of halogens is 1. The molecule has 1 aromatic rings. The molecule has 33 heavy (non-hydrogen) atoms. The number of phosphoric ester groups is 1. The largest absolute Gasteiger partial charge is 0.490 e. The molecule has 0 aliphatic carbocycles. The number of nitrogen functional groups attached to an aromatic ring is 1. The molecule has 0 saturated carbocycles. The summed E-state index contributed by atoms with van der Waals surface area (Å²) in [5.74, 6) is 1.96. The minimum Gasteiger partial charge on any atom is -0.387 e. The summed E-state index contributed by atoms with van der Waals surface area (Å²) < 4.78 is 52.5. The van der Waals surface area contributed by atoms with Gasteiger partial charge in [-0.25, -0.2) is 18.5 Å². The van der Waals surface area contributed by atoms with Crippen molar-refractivity contribution in [3.63, 3.8) is 0 Å². The average Bonchev–Trinajstić information content (AvgIpc) is 2.83. The maximum atomic E-state index is 12.3. The number of alkyl halides is 1. The highest BCUT2D eigenvalue weighted by Gasteiger charge is 2.58. The van der Waals surface area contributed by atoms with Gasteiger partial charge in [0, 0.05) is 5.69 Å². The van der Waals surface area contributed by atoms with Gasteiger partial charge in [-0.05, 0) is 19.9 Å². The summed E-state index contributed by atoms with van der Waals surface area (Å²) in [6, 6.07) is 1.29. The third-order valence-corrected chi connectivity index (χ3v) is 8.63. The zero-order valence-corrected chi connectivity index (χ0v) is 20.1. The Morgan fingerprint density at radius 2 is 1.88 bits per heavy atom. The van der Waals surface area contributed by atoms with Gasteiger partial charge in [-0.1, -0.05) is 17.5 Å². The maximum Gasteiger partial charge on any atom is 0.490 e. The summed E-state index contributed by atoms with van der Waals surface area (Å²) >= 11 is 6.34. The van der Waals surface area contributed by atoms with Gasteiger partial charge in [0.2, 0.25) is 0 Å². The first-order chi connectivity index (χ1) is 14.8. The number of phosphoric acid groups is 3. The van der Waals surface area contributed by atoms with Crippen LogP contribution in [-0.4, -0.2) is 57.4 Å². The van der Waals surface area contributed by atoms with E-state index in [1.165, 1.54) is 13.0 Å². The predicted molar refractivity (Wildman–Crippen MR) is 109 cm³/mol. The average molecular weight is 554 g/mol. The molecule has 3 unspecified atom stereocenters. The summed E-state index contributed by atoms with van der Waals surface area (Å²) in [4.78, 5) is 49.8. The molecule has 2 heterocycles. The van der Waals surface area contributed by atoms with E-state index >= 15 is 0 Å². The van der Waals surface area contributed by atoms with E-state index in [0.29, 0.717) is 0 Å². The fourth-order valence-electron chi connectivity index (χ4n) is 2.97. The van der Waals surface area contributed by atoms with E-state index in [9.17, 15) is 33.4 Å². The van der Waals surface area contributed by atoms with Crippen molar-refractivity contribution in [3.05, 3.63) is 22.2 Å². The monoisotopic (exact) mass is 553 g/mol. The molecule has 1 aliphatic rings. The molecule has 0 aromatic carbocycles. The number of aliphatic hydroxyl groups is 1. The normalized spacial score (nSPS) is 30.2. The van der Waals surface area contributed by atoms with Crippen molar-refractivity contribution in [2.45, 2.75) is 43.3 Å². The van der Waals surface area contributed by atoms with Crippen LogP contribution in [0.25, 0.3) is 0 Å². The number of aromatic nitrogens is 2. The Morgan fingerprint density at radius 3 is 2.36 bits per heavy atom. The lowest BCUT2D eigenvalue weighted by Crippen LogP contribution is -2.45. The zero-order chi connectivity index (χ0) is 25.6. The number of hydrogen-bond donors (Lipinski definition) is 6. The van der Waals surface area contributed by atoms with Crippen LogP contribution < -0.4 is 11.4 Å². The highest BCUT2D eigenvalue weighted by molar-refractivity contribution is 7.66. The lowest BCUT2D eigenvalue weighted by atomic mass is 9.97. The Morgan fingerprint density at radius 1 is 1.30 bits per heavy atom. The van der Waals surface area contributed by atoms with E-state index in [1.807, 2.05) is 0 Å². The van der Waals surface area contributed by atoms with Crippen molar-refractivity contribution in [1.29, 1.82) is 0 Å². The predicted octanol–water partition coefficient (Wildman–Crippen LogP) is -0.265. The molecule has 16 nitrogen and oxygen atoms in total. The Hall–Kier alpha value is -1.14. The number of hydrogen-bond acceptors (Lipinski definition) is 11. The third-order valence-electron chi connectivity index (χ3n) is 4.19. The SMILES string of the molecule is C#CC1(Cl)[C@@H](O)[C@@H]([C@H](C)OP(=O)(O)OP(=O)(O)OP(=O)(O)O)O[C@H]1n1c(C)cc(N)nc1=O. The van der Waals surface area contributed by atoms with Crippen molar-refractivity contribution < 1.29 is 56.3 Å². The molecular weight excluding hydrogens is 535 g/mol. The van der Waals surface area contributed by atoms with Crippen LogP contribution in [0.2, 0.25) is 0 Å². The van der Waals surface area contributed by atoms with Gasteiger partial charge in [-0.3, -0.25) is 9.09 Å². The Labute approximate surface area is 190 Å². The number of rotatable bonds is 8. The minimum atomic E-state index is -5.78. The second kappa shape index (κ2) is 9.49. The quantitative estimate of drug-likeness (QED) is 0.138. The van der Waals surface area contributed by atoms with E-state index in [1.54, 1.807) is 0 Å². The number of anilines is 1. The molecule has 7 N–H and O–H groups in total. The van der Waals surface area contributed by atoms with Gasteiger partial charge in [0.25, 0.3) is 0 Å². The van der Waals surface area contributed by atoms with Gasteiger partial charge >= 0.3 is 29.2 Å². The van der Waals surface area contributed by atoms with Crippen LogP contribution in [0.5, 0.6) is 0 Å². The maximum absolute atomic E-state index is 12.3. The number of nitrogens with two attached hydrogens (primary N) is 1. The van der Waals surface area contributed by atoms with E-state index < -0.39 is 58.6 Å². The van der Waals surface area contributed by atoms with Gasteiger partial charge < -0.3 is 35.2 Å². The lowest BCUT2D eigenvalue weighted by Gasteiger charge is -2.27. The second-order valence-electron chi connectivity index (χ2n) is 6.69. The molecule has 0 amide bonds.